The van der Waals surface area contributed by atoms with Crippen molar-refractivity contribution in [1.29, 1.82) is 5.26 Å². The van der Waals surface area contributed by atoms with Gasteiger partial charge in [-0.1, -0.05) is 23.2 Å². The second-order valence-corrected chi connectivity index (χ2v) is 5.88. The zero-order valence-corrected chi connectivity index (χ0v) is 13.3. The summed E-state index contributed by atoms with van der Waals surface area (Å²) in [5, 5.41) is 10.4. The first-order valence-corrected chi connectivity index (χ1v) is 7.49. The molecule has 5 nitrogen and oxygen atoms in total. The van der Waals surface area contributed by atoms with Gasteiger partial charge in [-0.3, -0.25) is 0 Å². The largest absolute Gasteiger partial charge is 0.442 e. The topological polar surface area (TPSA) is 76.1 Å². The van der Waals surface area contributed by atoms with Crippen LogP contribution in [0.1, 0.15) is 11.1 Å². The van der Waals surface area contributed by atoms with Gasteiger partial charge in [-0.2, -0.15) is 9.64 Å². The molecule has 110 valence electrons. The molecule has 0 aliphatic rings. The zero-order chi connectivity index (χ0) is 15.9. The summed E-state index contributed by atoms with van der Waals surface area (Å²) >= 11 is 12.9. The second-order valence-electron chi connectivity index (χ2n) is 4.38. The first-order chi connectivity index (χ1) is 10.5. The number of rotatable bonds is 2. The minimum Gasteiger partial charge on any atom is -0.442 e. The number of aryl methyl sites for hydroxylation is 1. The summed E-state index contributed by atoms with van der Waals surface area (Å²) in [6, 6.07) is 6.44. The fourth-order valence-electron chi connectivity index (χ4n) is 1.92. The number of nitriles is 1. The SMILES string of the molecule is Cc1cc(=O)oc2cc(Oc3snc(Cl)c3C#N)c(Cl)cc12. The van der Waals surface area contributed by atoms with E-state index in [2.05, 4.69) is 4.37 Å². The summed E-state index contributed by atoms with van der Waals surface area (Å²) in [7, 11) is 0. The molecule has 0 spiro atoms. The van der Waals surface area contributed by atoms with Crippen molar-refractivity contribution in [3.8, 4) is 16.9 Å². The normalized spacial score (nSPS) is 10.6. The third kappa shape index (κ3) is 2.55. The Bertz CT molecular complexity index is 988. The molecule has 22 heavy (non-hydrogen) atoms. The highest BCUT2D eigenvalue weighted by molar-refractivity contribution is 7.08. The predicted octanol–water partition coefficient (Wildman–Crippen LogP) is 4.53. The van der Waals surface area contributed by atoms with Gasteiger partial charge in [0.05, 0.1) is 5.02 Å². The molecule has 1 aromatic carbocycles. The molecule has 8 heteroatoms. The minimum absolute atomic E-state index is 0.0711. The second kappa shape index (κ2) is 5.61. The molecular formula is C14H6Cl2N2O3S. The average molecular weight is 353 g/mol. The van der Waals surface area contributed by atoms with E-state index in [0.717, 1.165) is 17.1 Å². The number of ether oxygens (including phenoxy) is 1. The highest BCUT2D eigenvalue weighted by atomic mass is 35.5. The molecule has 2 heterocycles. The van der Waals surface area contributed by atoms with E-state index in [4.69, 9.17) is 37.6 Å². The first kappa shape index (κ1) is 14.9. The standard InChI is InChI=1S/C14H6Cl2N2O3S/c1-6-2-12(19)20-10-4-11(9(15)3-7(6)10)21-14-8(5-17)13(16)18-22-14/h2-4H,1H3. The Hall–Kier alpha value is -2.07. The monoisotopic (exact) mass is 352 g/mol. The quantitative estimate of drug-likeness (QED) is 0.633. The molecule has 0 saturated heterocycles. The van der Waals surface area contributed by atoms with E-state index < -0.39 is 5.63 Å². The van der Waals surface area contributed by atoms with Crippen molar-refractivity contribution < 1.29 is 9.15 Å². The Morgan fingerprint density at radius 3 is 2.86 bits per heavy atom. The Kier molecular flexibility index (Phi) is 3.79. The van der Waals surface area contributed by atoms with E-state index in [1.54, 1.807) is 13.0 Å². The molecule has 0 atom stereocenters. The number of hydrogen-bond acceptors (Lipinski definition) is 6. The fraction of sp³-hybridized carbons (Fsp3) is 0.0714. The zero-order valence-electron chi connectivity index (χ0n) is 11.0. The van der Waals surface area contributed by atoms with Crippen LogP contribution in [0.2, 0.25) is 10.2 Å². The molecule has 0 unspecified atom stereocenters. The summed E-state index contributed by atoms with van der Waals surface area (Å²) in [5.41, 5.74) is 0.766. The number of fused-ring (bicyclic) bond motifs is 1. The van der Waals surface area contributed by atoms with Crippen LogP contribution in [0.4, 0.5) is 0 Å². The van der Waals surface area contributed by atoms with E-state index in [0.29, 0.717) is 16.0 Å². The van der Waals surface area contributed by atoms with E-state index in [1.807, 2.05) is 6.07 Å². The third-order valence-electron chi connectivity index (χ3n) is 2.94. The molecule has 0 amide bonds. The molecule has 2 aromatic heterocycles. The Labute approximate surface area is 138 Å². The lowest BCUT2D eigenvalue weighted by atomic mass is 10.1. The van der Waals surface area contributed by atoms with Crippen LogP contribution in [0, 0.1) is 18.3 Å². The fourth-order valence-corrected chi connectivity index (χ4v) is 3.02. The van der Waals surface area contributed by atoms with E-state index in [-0.39, 0.29) is 21.5 Å². The van der Waals surface area contributed by atoms with Crippen LogP contribution in [0.3, 0.4) is 0 Å². The van der Waals surface area contributed by atoms with Crippen molar-refractivity contribution in [3.05, 3.63) is 49.9 Å². The number of hydrogen-bond donors (Lipinski definition) is 0. The predicted molar refractivity (Wildman–Crippen MR) is 84.1 cm³/mol. The summed E-state index contributed by atoms with van der Waals surface area (Å²) in [6.45, 7) is 1.78. The lowest BCUT2D eigenvalue weighted by Gasteiger charge is -2.07. The molecule has 0 fully saturated rings. The van der Waals surface area contributed by atoms with Crippen LogP contribution >= 0.6 is 34.7 Å². The Balaban J connectivity index is 2.13. The summed E-state index contributed by atoms with van der Waals surface area (Å²) < 4.78 is 14.6. The van der Waals surface area contributed by atoms with Crippen LogP contribution < -0.4 is 10.4 Å². The van der Waals surface area contributed by atoms with Crippen molar-refractivity contribution in [2.45, 2.75) is 6.92 Å². The minimum atomic E-state index is -0.461. The van der Waals surface area contributed by atoms with Gasteiger partial charge in [0, 0.05) is 29.1 Å². The van der Waals surface area contributed by atoms with Crippen LogP contribution in [-0.2, 0) is 0 Å². The van der Waals surface area contributed by atoms with Crippen molar-refractivity contribution >= 4 is 45.7 Å². The number of aromatic nitrogens is 1. The van der Waals surface area contributed by atoms with Crippen molar-refractivity contribution in [3.63, 3.8) is 0 Å². The van der Waals surface area contributed by atoms with Gasteiger partial charge in [0.2, 0.25) is 5.06 Å². The molecule has 0 radical (unpaired) electrons. The van der Waals surface area contributed by atoms with Crippen LogP contribution in [0.5, 0.6) is 10.8 Å². The smallest absolute Gasteiger partial charge is 0.336 e. The maximum atomic E-state index is 11.5. The Morgan fingerprint density at radius 2 is 2.14 bits per heavy atom. The van der Waals surface area contributed by atoms with Gasteiger partial charge in [0.25, 0.3) is 0 Å². The van der Waals surface area contributed by atoms with Gasteiger partial charge < -0.3 is 9.15 Å². The lowest BCUT2D eigenvalue weighted by Crippen LogP contribution is -1.98. The van der Waals surface area contributed by atoms with Gasteiger partial charge in [-0.05, 0) is 18.6 Å². The average Bonchev–Trinajstić information content (AvgIpc) is 2.81. The maximum absolute atomic E-state index is 11.5. The maximum Gasteiger partial charge on any atom is 0.336 e. The van der Waals surface area contributed by atoms with E-state index in [9.17, 15) is 4.79 Å². The number of nitrogens with zero attached hydrogens (tertiary/aromatic N) is 2. The highest BCUT2D eigenvalue weighted by Gasteiger charge is 2.16. The molecule has 0 saturated carbocycles. The molecule has 3 rings (SSSR count). The molecular weight excluding hydrogens is 347 g/mol. The summed E-state index contributed by atoms with van der Waals surface area (Å²) in [4.78, 5) is 11.5. The van der Waals surface area contributed by atoms with E-state index in [1.165, 1.54) is 12.1 Å². The lowest BCUT2D eigenvalue weighted by molar-refractivity contribution is 0.492. The van der Waals surface area contributed by atoms with Crippen molar-refractivity contribution in [2.24, 2.45) is 0 Å². The molecule has 0 N–H and O–H groups in total. The van der Waals surface area contributed by atoms with Gasteiger partial charge in [0.1, 0.15) is 17.2 Å². The first-order valence-electron chi connectivity index (χ1n) is 5.96. The molecule has 0 aliphatic heterocycles. The summed E-state index contributed by atoms with van der Waals surface area (Å²) in [6.07, 6.45) is 0. The number of benzene rings is 1. The van der Waals surface area contributed by atoms with Gasteiger partial charge in [-0.15, -0.1) is 0 Å². The van der Waals surface area contributed by atoms with Crippen LogP contribution in [-0.4, -0.2) is 4.37 Å². The highest BCUT2D eigenvalue weighted by Crippen LogP contribution is 2.38. The van der Waals surface area contributed by atoms with Crippen molar-refractivity contribution in [2.75, 3.05) is 0 Å². The summed E-state index contributed by atoms with van der Waals surface area (Å²) in [5.74, 6) is 0.250. The van der Waals surface area contributed by atoms with Crippen molar-refractivity contribution in [1.82, 2.24) is 4.37 Å². The van der Waals surface area contributed by atoms with Gasteiger partial charge >= 0.3 is 5.63 Å². The number of halogens is 2. The van der Waals surface area contributed by atoms with Crippen LogP contribution in [0.25, 0.3) is 11.0 Å². The molecule has 0 bridgehead atoms. The van der Waals surface area contributed by atoms with Gasteiger partial charge in [-0.25, -0.2) is 4.79 Å². The van der Waals surface area contributed by atoms with Crippen LogP contribution in [0.15, 0.2) is 27.4 Å². The molecule has 0 aliphatic carbocycles. The Morgan fingerprint density at radius 1 is 1.36 bits per heavy atom. The van der Waals surface area contributed by atoms with E-state index >= 15 is 0 Å². The molecule has 3 aromatic rings. The third-order valence-corrected chi connectivity index (χ3v) is 4.33. The van der Waals surface area contributed by atoms with Gasteiger partial charge in [0.15, 0.2) is 10.9 Å².